The van der Waals surface area contributed by atoms with Crippen LogP contribution in [0.3, 0.4) is 0 Å². The highest BCUT2D eigenvalue weighted by Crippen LogP contribution is 2.29. The molecule has 116 valence electrons. The third kappa shape index (κ3) is 5.77. The molecular weight excluding hydrogens is 260 g/mol. The molecule has 0 aromatic rings. The summed E-state index contributed by atoms with van der Waals surface area (Å²) in [6.07, 6.45) is 2.67. The summed E-state index contributed by atoms with van der Waals surface area (Å²) in [5.74, 6) is -0.286. The third-order valence-corrected chi connectivity index (χ3v) is 3.43. The average Bonchev–Trinajstić information content (AvgIpc) is 2.30. The molecule has 1 rings (SSSR count). The number of amides is 1. The first-order valence-electron chi connectivity index (χ1n) is 6.99. The lowest BCUT2D eigenvalue weighted by molar-refractivity contribution is -0.142. The first-order valence-corrected chi connectivity index (χ1v) is 6.99. The maximum atomic E-state index is 11.7. The van der Waals surface area contributed by atoms with Crippen molar-refractivity contribution < 1.29 is 19.1 Å². The zero-order valence-electron chi connectivity index (χ0n) is 12.8. The number of hydrogen-bond donors (Lipinski definition) is 2. The maximum Gasteiger partial charge on any atom is 0.407 e. The SMILES string of the molecule is COC(=O)CC1(N)CCC(NC(=O)OC(C)(C)C)CC1. The van der Waals surface area contributed by atoms with Gasteiger partial charge in [-0.1, -0.05) is 0 Å². The Bertz CT molecular complexity index is 355. The number of alkyl carbamates (subject to hydrolysis) is 1. The molecule has 6 heteroatoms. The molecule has 1 aliphatic carbocycles. The topological polar surface area (TPSA) is 90.6 Å². The molecule has 1 aliphatic rings. The van der Waals surface area contributed by atoms with Crippen molar-refractivity contribution in [1.29, 1.82) is 0 Å². The van der Waals surface area contributed by atoms with Gasteiger partial charge in [0.05, 0.1) is 13.5 Å². The van der Waals surface area contributed by atoms with Crippen molar-refractivity contribution in [2.75, 3.05) is 7.11 Å². The van der Waals surface area contributed by atoms with E-state index < -0.39 is 17.2 Å². The number of esters is 1. The van der Waals surface area contributed by atoms with Crippen LogP contribution in [0.5, 0.6) is 0 Å². The summed E-state index contributed by atoms with van der Waals surface area (Å²) in [5, 5.41) is 2.85. The highest BCUT2D eigenvalue weighted by atomic mass is 16.6. The third-order valence-electron chi connectivity index (χ3n) is 3.43. The Morgan fingerprint density at radius 3 is 2.30 bits per heavy atom. The van der Waals surface area contributed by atoms with Crippen molar-refractivity contribution >= 4 is 12.1 Å². The van der Waals surface area contributed by atoms with Gasteiger partial charge < -0.3 is 20.5 Å². The maximum absolute atomic E-state index is 11.7. The predicted octanol–water partition coefficient (Wildman–Crippen LogP) is 1.71. The number of carbonyl (C=O) groups is 2. The van der Waals surface area contributed by atoms with Crippen LogP contribution in [-0.4, -0.2) is 36.4 Å². The van der Waals surface area contributed by atoms with Gasteiger partial charge in [0.15, 0.2) is 0 Å². The molecule has 0 aliphatic heterocycles. The number of rotatable bonds is 3. The van der Waals surface area contributed by atoms with Gasteiger partial charge in [0.25, 0.3) is 0 Å². The summed E-state index contributed by atoms with van der Waals surface area (Å²) < 4.78 is 9.87. The van der Waals surface area contributed by atoms with Gasteiger partial charge >= 0.3 is 12.1 Å². The molecule has 0 radical (unpaired) electrons. The summed E-state index contributed by atoms with van der Waals surface area (Å²) in [5.41, 5.74) is 5.17. The van der Waals surface area contributed by atoms with E-state index in [1.807, 2.05) is 20.8 Å². The summed E-state index contributed by atoms with van der Waals surface area (Å²) in [6.45, 7) is 5.48. The minimum Gasteiger partial charge on any atom is -0.469 e. The van der Waals surface area contributed by atoms with Gasteiger partial charge in [-0.3, -0.25) is 4.79 Å². The number of hydrogen-bond acceptors (Lipinski definition) is 5. The zero-order valence-corrected chi connectivity index (χ0v) is 12.8. The van der Waals surface area contributed by atoms with Crippen LogP contribution in [0.15, 0.2) is 0 Å². The average molecular weight is 286 g/mol. The first-order chi connectivity index (χ1) is 9.13. The second-order valence-electron chi connectivity index (χ2n) is 6.54. The molecule has 0 spiro atoms. The molecule has 0 atom stereocenters. The standard InChI is InChI=1S/C14H26N2O4/c1-13(2,3)20-12(18)16-10-5-7-14(15,8-6-10)9-11(17)19-4/h10H,5-9,15H2,1-4H3,(H,16,18). The van der Waals surface area contributed by atoms with Gasteiger partial charge in [0.2, 0.25) is 0 Å². The van der Waals surface area contributed by atoms with Crippen molar-refractivity contribution in [2.45, 2.75) is 70.1 Å². The van der Waals surface area contributed by atoms with Crippen molar-refractivity contribution in [3.05, 3.63) is 0 Å². The molecular formula is C14H26N2O4. The Kier molecular flexibility index (Phi) is 5.39. The fraction of sp³-hybridized carbons (Fsp3) is 0.857. The van der Waals surface area contributed by atoms with Crippen LogP contribution in [-0.2, 0) is 14.3 Å². The van der Waals surface area contributed by atoms with Gasteiger partial charge in [-0.25, -0.2) is 4.79 Å². The van der Waals surface area contributed by atoms with Gasteiger partial charge in [0, 0.05) is 11.6 Å². The Morgan fingerprint density at radius 1 is 1.30 bits per heavy atom. The number of methoxy groups -OCH3 is 1. The Balaban J connectivity index is 2.39. The number of ether oxygens (including phenoxy) is 2. The molecule has 0 aromatic heterocycles. The summed E-state index contributed by atoms with van der Waals surface area (Å²) in [4.78, 5) is 23.0. The normalized spacial score (nSPS) is 26.8. The molecule has 1 amide bonds. The van der Waals surface area contributed by atoms with E-state index >= 15 is 0 Å². The van der Waals surface area contributed by atoms with Crippen molar-refractivity contribution in [3.8, 4) is 0 Å². The number of carbonyl (C=O) groups excluding carboxylic acids is 2. The van der Waals surface area contributed by atoms with Crippen LogP contribution in [0.25, 0.3) is 0 Å². The minimum atomic E-state index is -0.515. The molecule has 0 unspecified atom stereocenters. The van der Waals surface area contributed by atoms with E-state index in [0.717, 1.165) is 12.8 Å². The molecule has 6 nitrogen and oxygen atoms in total. The van der Waals surface area contributed by atoms with Crippen molar-refractivity contribution in [2.24, 2.45) is 5.73 Å². The van der Waals surface area contributed by atoms with Crippen LogP contribution in [0, 0.1) is 0 Å². The fourth-order valence-electron chi connectivity index (χ4n) is 2.35. The molecule has 0 heterocycles. The highest BCUT2D eigenvalue weighted by Gasteiger charge is 2.34. The van der Waals surface area contributed by atoms with Crippen LogP contribution in [0.4, 0.5) is 4.79 Å². The van der Waals surface area contributed by atoms with Crippen LogP contribution >= 0.6 is 0 Å². The van der Waals surface area contributed by atoms with Crippen molar-refractivity contribution in [3.63, 3.8) is 0 Å². The molecule has 3 N–H and O–H groups in total. The lowest BCUT2D eigenvalue weighted by atomic mass is 9.78. The van der Waals surface area contributed by atoms with E-state index in [4.69, 9.17) is 10.5 Å². The van der Waals surface area contributed by atoms with E-state index in [0.29, 0.717) is 12.8 Å². The quantitative estimate of drug-likeness (QED) is 0.771. The predicted molar refractivity (Wildman–Crippen MR) is 75.2 cm³/mol. The Labute approximate surface area is 120 Å². The molecule has 20 heavy (non-hydrogen) atoms. The van der Waals surface area contributed by atoms with Gasteiger partial charge in [-0.15, -0.1) is 0 Å². The van der Waals surface area contributed by atoms with Crippen LogP contribution in [0.1, 0.15) is 52.9 Å². The summed E-state index contributed by atoms with van der Waals surface area (Å²) in [7, 11) is 1.36. The van der Waals surface area contributed by atoms with E-state index in [1.54, 1.807) is 0 Å². The molecule has 1 saturated carbocycles. The van der Waals surface area contributed by atoms with E-state index in [1.165, 1.54) is 7.11 Å². The smallest absolute Gasteiger partial charge is 0.407 e. The molecule has 0 bridgehead atoms. The Hall–Kier alpha value is -1.30. The number of nitrogens with two attached hydrogens (primary N) is 1. The lowest BCUT2D eigenvalue weighted by Crippen LogP contribution is -2.50. The largest absolute Gasteiger partial charge is 0.469 e. The molecule has 0 aromatic carbocycles. The Morgan fingerprint density at radius 2 is 1.85 bits per heavy atom. The van der Waals surface area contributed by atoms with Gasteiger partial charge in [-0.2, -0.15) is 0 Å². The first kappa shape index (κ1) is 16.8. The second-order valence-corrected chi connectivity index (χ2v) is 6.54. The van der Waals surface area contributed by atoms with Crippen molar-refractivity contribution in [1.82, 2.24) is 5.32 Å². The zero-order chi connectivity index (χ0) is 15.4. The molecule has 1 fully saturated rings. The molecule has 0 saturated heterocycles. The van der Waals surface area contributed by atoms with Crippen LogP contribution in [0.2, 0.25) is 0 Å². The highest BCUT2D eigenvalue weighted by molar-refractivity contribution is 5.70. The van der Waals surface area contributed by atoms with E-state index in [9.17, 15) is 9.59 Å². The minimum absolute atomic E-state index is 0.0548. The second kappa shape index (κ2) is 6.43. The van der Waals surface area contributed by atoms with Gasteiger partial charge in [0.1, 0.15) is 5.60 Å². The van der Waals surface area contributed by atoms with E-state index in [2.05, 4.69) is 10.1 Å². The lowest BCUT2D eigenvalue weighted by Gasteiger charge is -2.36. The number of nitrogens with one attached hydrogen (secondary N) is 1. The van der Waals surface area contributed by atoms with Gasteiger partial charge in [-0.05, 0) is 46.5 Å². The fourth-order valence-corrected chi connectivity index (χ4v) is 2.35. The van der Waals surface area contributed by atoms with E-state index in [-0.39, 0.29) is 18.4 Å². The summed E-state index contributed by atoms with van der Waals surface area (Å²) in [6, 6.07) is 0.0548. The van der Waals surface area contributed by atoms with Crippen LogP contribution < -0.4 is 11.1 Å². The summed E-state index contributed by atoms with van der Waals surface area (Å²) >= 11 is 0. The monoisotopic (exact) mass is 286 g/mol.